The van der Waals surface area contributed by atoms with Crippen molar-refractivity contribution in [2.45, 2.75) is 25.2 Å². The monoisotopic (exact) mass is 551 g/mol. The average Bonchev–Trinajstić information content (AvgIpc) is 3.46. The van der Waals surface area contributed by atoms with Gasteiger partial charge in [-0.25, -0.2) is 17.7 Å². The Balaban J connectivity index is 1.61. The third kappa shape index (κ3) is 5.11. The number of ether oxygens (including phenoxy) is 3. The number of carbonyl (C=O) groups is 2. The van der Waals surface area contributed by atoms with E-state index in [-0.39, 0.29) is 46.7 Å². The molecule has 2 heterocycles. The Hall–Kier alpha value is -3.35. The molecule has 0 bridgehead atoms. The molecule has 13 heteroatoms. The number of nitrogens with zero attached hydrogens (tertiary/aromatic N) is 2. The second-order valence-electron chi connectivity index (χ2n) is 7.64. The Kier molecular flexibility index (Phi) is 7.38. The van der Waals surface area contributed by atoms with Crippen molar-refractivity contribution in [1.29, 1.82) is 0 Å². The van der Waals surface area contributed by atoms with E-state index < -0.39 is 21.9 Å². The summed E-state index contributed by atoms with van der Waals surface area (Å²) in [5.74, 6) is -0.432. The van der Waals surface area contributed by atoms with Crippen molar-refractivity contribution in [3.63, 3.8) is 0 Å². The van der Waals surface area contributed by atoms with Crippen LogP contribution in [0.15, 0.2) is 40.6 Å². The van der Waals surface area contributed by atoms with Crippen LogP contribution in [-0.2, 0) is 26.0 Å². The fourth-order valence-electron chi connectivity index (χ4n) is 3.60. The van der Waals surface area contributed by atoms with Gasteiger partial charge in [0.15, 0.2) is 11.9 Å². The van der Waals surface area contributed by atoms with E-state index in [4.69, 9.17) is 25.8 Å². The van der Waals surface area contributed by atoms with Gasteiger partial charge in [-0.2, -0.15) is 0 Å². The highest BCUT2D eigenvalue weighted by Gasteiger charge is 2.36. The molecule has 0 aliphatic carbocycles. The zero-order valence-corrected chi connectivity index (χ0v) is 21.9. The SMILES string of the molecule is CCOC(=O)Cc1csc(NC(=O)c2cc(C)c3c(c2)N(S(=O)(=O)c2cc(Cl)ccc2OC)CO3)n1. The zero-order chi connectivity index (χ0) is 26.0. The van der Waals surface area contributed by atoms with Crippen LogP contribution >= 0.6 is 22.9 Å². The predicted octanol–water partition coefficient (Wildman–Crippen LogP) is 4.02. The van der Waals surface area contributed by atoms with Crippen molar-refractivity contribution >= 4 is 55.7 Å². The molecule has 1 N–H and O–H groups in total. The summed E-state index contributed by atoms with van der Waals surface area (Å²) >= 11 is 7.21. The lowest BCUT2D eigenvalue weighted by Crippen LogP contribution is -2.30. The molecule has 0 atom stereocenters. The van der Waals surface area contributed by atoms with Crippen LogP contribution in [0.5, 0.6) is 11.5 Å². The van der Waals surface area contributed by atoms with Crippen LogP contribution in [0.4, 0.5) is 10.8 Å². The first-order valence-corrected chi connectivity index (χ1v) is 13.4. The topological polar surface area (TPSA) is 124 Å². The Morgan fingerprint density at radius 2 is 2.06 bits per heavy atom. The number of esters is 1. The number of nitrogens with one attached hydrogen (secondary N) is 1. The molecular weight excluding hydrogens is 530 g/mol. The number of fused-ring (bicyclic) bond motifs is 1. The van der Waals surface area contributed by atoms with E-state index in [1.165, 1.54) is 31.4 Å². The first-order chi connectivity index (χ1) is 17.1. The number of halogens is 1. The largest absolute Gasteiger partial charge is 0.495 e. The maximum atomic E-state index is 13.5. The molecule has 1 aliphatic heterocycles. The summed E-state index contributed by atoms with van der Waals surface area (Å²) in [6.45, 7) is 3.42. The first kappa shape index (κ1) is 25.7. The number of hydrogen-bond donors (Lipinski definition) is 1. The van der Waals surface area contributed by atoms with Gasteiger partial charge in [-0.15, -0.1) is 11.3 Å². The fourth-order valence-corrected chi connectivity index (χ4v) is 6.04. The lowest BCUT2D eigenvalue weighted by molar-refractivity contribution is -0.142. The summed E-state index contributed by atoms with van der Waals surface area (Å²) in [7, 11) is -2.77. The number of thiazole rings is 1. The van der Waals surface area contributed by atoms with E-state index in [2.05, 4.69) is 10.3 Å². The molecule has 0 saturated carbocycles. The molecule has 0 radical (unpaired) electrons. The number of amides is 1. The molecule has 1 aliphatic rings. The smallest absolute Gasteiger partial charge is 0.311 e. The van der Waals surface area contributed by atoms with E-state index in [9.17, 15) is 18.0 Å². The minimum absolute atomic E-state index is 0.00468. The lowest BCUT2D eigenvalue weighted by Gasteiger charge is -2.19. The van der Waals surface area contributed by atoms with Gasteiger partial charge in [0.25, 0.3) is 15.9 Å². The molecule has 1 aromatic heterocycles. The standard InChI is InChI=1S/C23H22ClN3O7S2/c1-4-33-20(28)10-16-11-35-23(25-16)26-22(29)14-7-13(2)21-17(8-14)27(12-34-21)36(30,31)19-9-15(24)5-6-18(19)32-3/h5-9,11H,4,10,12H2,1-3H3,(H,25,26,29). The highest BCUT2D eigenvalue weighted by atomic mass is 35.5. The minimum Gasteiger partial charge on any atom is -0.495 e. The summed E-state index contributed by atoms with van der Waals surface area (Å²) in [5, 5.41) is 4.86. The molecule has 3 aromatic rings. The molecule has 2 aromatic carbocycles. The van der Waals surface area contributed by atoms with Crippen LogP contribution in [0, 0.1) is 6.92 Å². The molecule has 10 nitrogen and oxygen atoms in total. The molecule has 0 fully saturated rings. The van der Waals surface area contributed by atoms with E-state index in [1.807, 2.05) is 0 Å². The molecule has 190 valence electrons. The molecular formula is C23H22ClN3O7S2. The average molecular weight is 552 g/mol. The number of methoxy groups -OCH3 is 1. The number of aromatic nitrogens is 1. The van der Waals surface area contributed by atoms with Crippen molar-refractivity contribution in [1.82, 2.24) is 4.98 Å². The number of hydrogen-bond acceptors (Lipinski definition) is 9. The van der Waals surface area contributed by atoms with Crippen molar-refractivity contribution in [2.75, 3.05) is 30.1 Å². The molecule has 4 rings (SSSR count). The highest BCUT2D eigenvalue weighted by Crippen LogP contribution is 2.42. The van der Waals surface area contributed by atoms with Gasteiger partial charge in [0.2, 0.25) is 0 Å². The van der Waals surface area contributed by atoms with Gasteiger partial charge in [0, 0.05) is 16.0 Å². The Labute approximate surface area is 216 Å². The van der Waals surface area contributed by atoms with Crippen molar-refractivity contribution < 1.29 is 32.2 Å². The normalized spacial score (nSPS) is 12.6. The maximum absolute atomic E-state index is 13.5. The zero-order valence-electron chi connectivity index (χ0n) is 19.5. The van der Waals surface area contributed by atoms with Gasteiger partial charge < -0.3 is 14.2 Å². The quantitative estimate of drug-likeness (QED) is 0.416. The second-order valence-corrected chi connectivity index (χ2v) is 10.8. The number of benzene rings is 2. The maximum Gasteiger partial charge on any atom is 0.311 e. The van der Waals surface area contributed by atoms with Crippen LogP contribution in [0.1, 0.15) is 28.5 Å². The van der Waals surface area contributed by atoms with E-state index in [0.717, 1.165) is 15.6 Å². The molecule has 36 heavy (non-hydrogen) atoms. The van der Waals surface area contributed by atoms with Crippen LogP contribution < -0.4 is 19.1 Å². The predicted molar refractivity (Wildman–Crippen MR) is 135 cm³/mol. The van der Waals surface area contributed by atoms with E-state index in [0.29, 0.717) is 22.1 Å². The van der Waals surface area contributed by atoms with Crippen LogP contribution in [-0.4, -0.2) is 45.7 Å². The Morgan fingerprint density at radius 3 is 2.78 bits per heavy atom. The third-order valence-electron chi connectivity index (χ3n) is 5.21. The lowest BCUT2D eigenvalue weighted by atomic mass is 10.1. The number of rotatable bonds is 8. The van der Waals surface area contributed by atoms with Gasteiger partial charge in [0.1, 0.15) is 16.4 Å². The van der Waals surface area contributed by atoms with E-state index in [1.54, 1.807) is 25.3 Å². The second kappa shape index (κ2) is 10.3. The number of sulfonamides is 1. The number of anilines is 2. The van der Waals surface area contributed by atoms with Gasteiger partial charge >= 0.3 is 5.97 Å². The van der Waals surface area contributed by atoms with Crippen molar-refractivity contribution in [2.24, 2.45) is 0 Å². The van der Waals surface area contributed by atoms with Crippen molar-refractivity contribution in [3.05, 3.63) is 57.6 Å². The Morgan fingerprint density at radius 1 is 1.28 bits per heavy atom. The van der Waals surface area contributed by atoms with Gasteiger partial charge in [-0.05, 0) is 49.7 Å². The van der Waals surface area contributed by atoms with E-state index >= 15 is 0 Å². The van der Waals surface area contributed by atoms with Gasteiger partial charge in [-0.3, -0.25) is 14.9 Å². The van der Waals surface area contributed by atoms with Gasteiger partial charge in [-0.1, -0.05) is 11.6 Å². The fraction of sp³-hybridized carbons (Fsp3) is 0.261. The summed E-state index contributed by atoms with van der Waals surface area (Å²) in [6, 6.07) is 7.32. The molecule has 0 spiro atoms. The number of carbonyl (C=O) groups excluding carboxylic acids is 2. The summed E-state index contributed by atoms with van der Waals surface area (Å²) in [4.78, 5) is 28.8. The summed E-state index contributed by atoms with van der Waals surface area (Å²) in [6.07, 6.45) is -0.00468. The third-order valence-corrected chi connectivity index (χ3v) is 8.01. The van der Waals surface area contributed by atoms with Crippen molar-refractivity contribution in [3.8, 4) is 11.5 Å². The molecule has 0 unspecified atom stereocenters. The summed E-state index contributed by atoms with van der Waals surface area (Å²) in [5.41, 5.74) is 1.47. The number of aryl methyl sites for hydroxylation is 1. The first-order valence-electron chi connectivity index (χ1n) is 10.7. The molecule has 0 saturated heterocycles. The van der Waals surface area contributed by atoms with Crippen LogP contribution in [0.3, 0.4) is 0 Å². The summed E-state index contributed by atoms with van der Waals surface area (Å²) < 4.78 is 43.9. The highest BCUT2D eigenvalue weighted by molar-refractivity contribution is 7.93. The van der Waals surface area contributed by atoms with Crippen LogP contribution in [0.2, 0.25) is 5.02 Å². The van der Waals surface area contributed by atoms with Gasteiger partial charge in [0.05, 0.1) is 31.5 Å². The molecule has 1 amide bonds. The Bertz CT molecular complexity index is 1440. The van der Waals surface area contributed by atoms with Crippen LogP contribution in [0.25, 0.3) is 0 Å². The minimum atomic E-state index is -4.14.